The highest BCUT2D eigenvalue weighted by molar-refractivity contribution is 7.26. The van der Waals surface area contributed by atoms with Crippen molar-refractivity contribution in [2.45, 2.75) is 0 Å². The Balaban J connectivity index is 1.10. The van der Waals surface area contributed by atoms with E-state index < -0.39 is 0 Å². The average molecular weight is 744 g/mol. The molecule has 0 spiro atoms. The molecule has 0 amide bonds. The van der Waals surface area contributed by atoms with Gasteiger partial charge in [0.15, 0.2) is 17.5 Å². The largest absolute Gasteiger partial charge is 0.208 e. The van der Waals surface area contributed by atoms with E-state index in [4.69, 9.17) is 15.0 Å². The van der Waals surface area contributed by atoms with Crippen LogP contribution in [0.1, 0.15) is 0 Å². The first-order chi connectivity index (χ1) is 28.3. The van der Waals surface area contributed by atoms with E-state index in [2.05, 4.69) is 182 Å². The van der Waals surface area contributed by atoms with Crippen LogP contribution in [0.3, 0.4) is 0 Å². The molecular weight excluding hydrogens is 711 g/mol. The number of nitrogens with zero attached hydrogens (tertiary/aromatic N) is 3. The minimum absolute atomic E-state index is 0.642. The van der Waals surface area contributed by atoms with Gasteiger partial charge >= 0.3 is 0 Å². The summed E-state index contributed by atoms with van der Waals surface area (Å²) in [7, 11) is 0. The second-order valence-electron chi connectivity index (χ2n) is 14.3. The van der Waals surface area contributed by atoms with Crippen LogP contribution >= 0.6 is 11.3 Å². The fraction of sp³-hybridized carbons (Fsp3) is 0. The Hall–Kier alpha value is -7.27. The predicted octanol–water partition coefficient (Wildman–Crippen LogP) is 14.5. The van der Waals surface area contributed by atoms with E-state index in [1.54, 1.807) is 11.3 Å². The van der Waals surface area contributed by atoms with Gasteiger partial charge in [0, 0.05) is 36.9 Å². The number of rotatable bonds is 6. The maximum atomic E-state index is 5.30. The summed E-state index contributed by atoms with van der Waals surface area (Å²) in [6, 6.07) is 71.1. The van der Waals surface area contributed by atoms with E-state index in [9.17, 15) is 0 Å². The molecule has 0 unspecified atom stereocenters. The standard InChI is InChI=1S/C53H33N3S/c1-3-16-34(17-4-1)36-30-31-43(38-21-8-7-20-37(36)38)44-33-32-42(39-22-9-10-23-40(39)44)41-24-11-12-26-47(41)52-54-51(35-18-5-2-6-19-35)55-53(56-52)48-28-15-27-46-45-25-13-14-29-49(45)57-50(46)48/h1-33H. The van der Waals surface area contributed by atoms with Crippen LogP contribution in [0.4, 0.5) is 0 Å². The molecule has 57 heavy (non-hydrogen) atoms. The minimum atomic E-state index is 0.642. The van der Waals surface area contributed by atoms with Crippen molar-refractivity contribution in [3.05, 3.63) is 200 Å². The van der Waals surface area contributed by atoms with Gasteiger partial charge in [0.2, 0.25) is 0 Å². The van der Waals surface area contributed by atoms with E-state index >= 15 is 0 Å². The average Bonchev–Trinajstić information content (AvgIpc) is 3.68. The van der Waals surface area contributed by atoms with Crippen LogP contribution in [0.25, 0.3) is 109 Å². The fourth-order valence-electron chi connectivity index (χ4n) is 8.34. The Kier molecular flexibility index (Phi) is 8.01. The Morgan fingerprint density at radius 3 is 1.32 bits per heavy atom. The lowest BCUT2D eigenvalue weighted by Gasteiger charge is -2.17. The van der Waals surface area contributed by atoms with Gasteiger partial charge in [-0.1, -0.05) is 188 Å². The number of aromatic nitrogens is 3. The van der Waals surface area contributed by atoms with Gasteiger partial charge in [0.1, 0.15) is 0 Å². The molecule has 0 aliphatic heterocycles. The van der Waals surface area contributed by atoms with Crippen molar-refractivity contribution in [2.75, 3.05) is 0 Å². The molecule has 0 N–H and O–H groups in total. The van der Waals surface area contributed by atoms with E-state index in [1.165, 1.54) is 64.0 Å². The third kappa shape index (κ3) is 5.69. The van der Waals surface area contributed by atoms with Crippen molar-refractivity contribution in [1.29, 1.82) is 0 Å². The predicted molar refractivity (Wildman–Crippen MR) is 240 cm³/mol. The number of hydrogen-bond donors (Lipinski definition) is 0. The number of thiophene rings is 1. The molecule has 11 aromatic rings. The van der Waals surface area contributed by atoms with Crippen LogP contribution < -0.4 is 0 Å². The lowest BCUT2D eigenvalue weighted by Crippen LogP contribution is -2.01. The summed E-state index contributed by atoms with van der Waals surface area (Å²) in [6.07, 6.45) is 0. The molecule has 0 saturated carbocycles. The maximum Gasteiger partial charge on any atom is 0.165 e. The smallest absolute Gasteiger partial charge is 0.165 e. The third-order valence-electron chi connectivity index (χ3n) is 11.0. The molecular formula is C53H33N3S. The molecule has 266 valence electrons. The molecule has 0 fully saturated rings. The van der Waals surface area contributed by atoms with Crippen LogP contribution in [0, 0.1) is 0 Å². The summed E-state index contributed by atoms with van der Waals surface area (Å²) in [4.78, 5) is 15.7. The summed E-state index contributed by atoms with van der Waals surface area (Å²) >= 11 is 1.79. The van der Waals surface area contributed by atoms with E-state index in [1.807, 2.05) is 18.2 Å². The van der Waals surface area contributed by atoms with Crippen LogP contribution in [-0.2, 0) is 0 Å². The Bertz CT molecular complexity index is 3300. The quantitative estimate of drug-likeness (QED) is 0.170. The third-order valence-corrected chi connectivity index (χ3v) is 12.2. The molecule has 0 aliphatic carbocycles. The first kappa shape index (κ1) is 33.1. The summed E-state index contributed by atoms with van der Waals surface area (Å²) in [5.41, 5.74) is 9.98. The van der Waals surface area contributed by atoms with Crippen LogP contribution in [0.2, 0.25) is 0 Å². The fourth-order valence-corrected chi connectivity index (χ4v) is 9.55. The van der Waals surface area contributed by atoms with Crippen molar-refractivity contribution in [3.63, 3.8) is 0 Å². The molecule has 3 nitrogen and oxygen atoms in total. The summed E-state index contributed by atoms with van der Waals surface area (Å²) in [6.45, 7) is 0. The monoisotopic (exact) mass is 743 g/mol. The van der Waals surface area contributed by atoms with Gasteiger partial charge in [-0.15, -0.1) is 11.3 Å². The van der Waals surface area contributed by atoms with Crippen molar-refractivity contribution < 1.29 is 0 Å². The van der Waals surface area contributed by atoms with E-state index in [-0.39, 0.29) is 0 Å². The molecule has 2 aromatic heterocycles. The summed E-state index contributed by atoms with van der Waals surface area (Å²) in [5, 5.41) is 7.30. The first-order valence-corrected chi connectivity index (χ1v) is 20.0. The summed E-state index contributed by atoms with van der Waals surface area (Å²) < 4.78 is 2.42. The molecule has 9 aromatic carbocycles. The van der Waals surface area contributed by atoms with Gasteiger partial charge in [0.25, 0.3) is 0 Å². The highest BCUT2D eigenvalue weighted by Crippen LogP contribution is 2.44. The van der Waals surface area contributed by atoms with Crippen molar-refractivity contribution >= 4 is 53.1 Å². The first-order valence-electron chi connectivity index (χ1n) is 19.2. The van der Waals surface area contributed by atoms with Gasteiger partial charge in [-0.3, -0.25) is 0 Å². The minimum Gasteiger partial charge on any atom is -0.208 e. The highest BCUT2D eigenvalue weighted by atomic mass is 32.1. The zero-order valence-electron chi connectivity index (χ0n) is 30.8. The molecule has 11 rings (SSSR count). The number of hydrogen-bond acceptors (Lipinski definition) is 4. The zero-order valence-corrected chi connectivity index (χ0v) is 31.6. The Morgan fingerprint density at radius 1 is 0.246 bits per heavy atom. The number of benzene rings is 9. The van der Waals surface area contributed by atoms with Crippen LogP contribution in [0.15, 0.2) is 200 Å². The second kappa shape index (κ2) is 13.8. The maximum absolute atomic E-state index is 5.30. The van der Waals surface area contributed by atoms with Crippen molar-refractivity contribution in [3.8, 4) is 67.5 Å². The molecule has 0 saturated heterocycles. The molecule has 0 aliphatic rings. The molecule has 2 heterocycles. The highest BCUT2D eigenvalue weighted by Gasteiger charge is 2.20. The zero-order chi connectivity index (χ0) is 37.7. The van der Waals surface area contributed by atoms with Gasteiger partial charge in [-0.25, -0.2) is 15.0 Å². The van der Waals surface area contributed by atoms with Crippen molar-refractivity contribution in [2.24, 2.45) is 0 Å². The van der Waals surface area contributed by atoms with Gasteiger partial charge in [0.05, 0.1) is 0 Å². The van der Waals surface area contributed by atoms with Gasteiger partial charge in [-0.05, 0) is 67.1 Å². The molecule has 0 bridgehead atoms. The Labute approximate surface area is 334 Å². The van der Waals surface area contributed by atoms with E-state index in [0.29, 0.717) is 17.5 Å². The van der Waals surface area contributed by atoms with Gasteiger partial charge in [-0.2, -0.15) is 0 Å². The molecule has 4 heteroatoms. The second-order valence-corrected chi connectivity index (χ2v) is 15.3. The lowest BCUT2D eigenvalue weighted by molar-refractivity contribution is 1.08. The summed E-state index contributed by atoms with van der Waals surface area (Å²) in [5.74, 6) is 1.95. The SMILES string of the molecule is c1ccc(-c2nc(-c3ccccc3-c3ccc(-c4ccc(-c5ccccc5)c5ccccc45)c4ccccc34)nc(-c3cccc4c3sc3ccccc34)n2)cc1. The van der Waals surface area contributed by atoms with Crippen molar-refractivity contribution in [1.82, 2.24) is 15.0 Å². The Morgan fingerprint density at radius 2 is 0.667 bits per heavy atom. The van der Waals surface area contributed by atoms with Gasteiger partial charge < -0.3 is 0 Å². The van der Waals surface area contributed by atoms with Crippen LogP contribution in [-0.4, -0.2) is 15.0 Å². The number of fused-ring (bicyclic) bond motifs is 5. The molecule has 0 atom stereocenters. The van der Waals surface area contributed by atoms with Crippen LogP contribution in [0.5, 0.6) is 0 Å². The normalized spacial score (nSPS) is 11.5. The van der Waals surface area contributed by atoms with E-state index in [0.717, 1.165) is 27.8 Å². The molecule has 0 radical (unpaired) electrons. The topological polar surface area (TPSA) is 38.7 Å². The lowest BCUT2D eigenvalue weighted by atomic mass is 9.87.